The largest absolute Gasteiger partial charge is 0.307 e. The monoisotopic (exact) mass is 146 g/mol. The van der Waals surface area contributed by atoms with E-state index in [4.69, 9.17) is 10.7 Å². The van der Waals surface area contributed by atoms with Gasteiger partial charge in [-0.05, 0) is 20.0 Å². The van der Waals surface area contributed by atoms with Crippen LogP contribution < -0.4 is 5.90 Å². The first-order chi connectivity index (χ1) is 4.57. The highest BCUT2D eigenvalue weighted by atomic mass is 16.6. The van der Waals surface area contributed by atoms with Crippen LogP contribution in [-0.4, -0.2) is 31.6 Å². The summed E-state index contributed by atoms with van der Waals surface area (Å²) < 4.78 is 0. The number of hydrogen-bond donors (Lipinski definition) is 1. The summed E-state index contributed by atoms with van der Waals surface area (Å²) in [5.74, 6) is 5.57. The Morgan fingerprint density at radius 3 is 2.00 bits per heavy atom. The van der Waals surface area contributed by atoms with Crippen molar-refractivity contribution in [1.82, 2.24) is 4.90 Å². The van der Waals surface area contributed by atoms with Crippen molar-refractivity contribution in [2.45, 2.75) is 20.0 Å². The maximum atomic E-state index is 5.10. The van der Waals surface area contributed by atoms with E-state index >= 15 is 0 Å². The van der Waals surface area contributed by atoms with E-state index in [-0.39, 0.29) is 6.10 Å². The maximum absolute atomic E-state index is 5.10. The van der Waals surface area contributed by atoms with Crippen LogP contribution in [0.5, 0.6) is 0 Å². The number of rotatable bonds is 4. The zero-order valence-electron chi connectivity index (χ0n) is 7.29. The molecule has 0 fully saturated rings. The van der Waals surface area contributed by atoms with E-state index in [0.29, 0.717) is 5.92 Å². The zero-order chi connectivity index (χ0) is 8.15. The summed E-state index contributed by atoms with van der Waals surface area (Å²) in [6.07, 6.45) is 0.148. The molecule has 0 aliphatic heterocycles. The van der Waals surface area contributed by atoms with Crippen LogP contribution in [0.25, 0.3) is 0 Å². The van der Waals surface area contributed by atoms with Crippen LogP contribution >= 0.6 is 0 Å². The fraction of sp³-hybridized carbons (Fsp3) is 1.00. The van der Waals surface area contributed by atoms with Gasteiger partial charge in [0.25, 0.3) is 0 Å². The van der Waals surface area contributed by atoms with E-state index in [1.807, 2.05) is 14.1 Å². The molecule has 0 aromatic heterocycles. The molecule has 0 amide bonds. The molecule has 3 heteroatoms. The van der Waals surface area contributed by atoms with E-state index in [1.165, 1.54) is 0 Å². The van der Waals surface area contributed by atoms with Gasteiger partial charge in [-0.15, -0.1) is 0 Å². The summed E-state index contributed by atoms with van der Waals surface area (Å²) in [7, 11) is 4.02. The summed E-state index contributed by atoms with van der Waals surface area (Å²) >= 11 is 0. The fourth-order valence-corrected chi connectivity index (χ4v) is 0.771. The lowest BCUT2D eigenvalue weighted by Crippen LogP contribution is -2.34. The highest BCUT2D eigenvalue weighted by Crippen LogP contribution is 2.04. The molecule has 0 aliphatic carbocycles. The van der Waals surface area contributed by atoms with E-state index in [1.54, 1.807) is 0 Å². The van der Waals surface area contributed by atoms with Crippen molar-refractivity contribution < 1.29 is 4.84 Å². The molecule has 10 heavy (non-hydrogen) atoms. The fourth-order valence-electron chi connectivity index (χ4n) is 0.771. The molecule has 3 nitrogen and oxygen atoms in total. The molecule has 62 valence electrons. The predicted molar refractivity (Wildman–Crippen MR) is 42.5 cm³/mol. The van der Waals surface area contributed by atoms with Crippen molar-refractivity contribution in [2.24, 2.45) is 11.8 Å². The minimum atomic E-state index is 0.148. The van der Waals surface area contributed by atoms with Gasteiger partial charge >= 0.3 is 0 Å². The molecule has 0 bridgehead atoms. The zero-order valence-corrected chi connectivity index (χ0v) is 7.29. The van der Waals surface area contributed by atoms with Crippen LogP contribution in [0.1, 0.15) is 13.8 Å². The lowest BCUT2D eigenvalue weighted by Gasteiger charge is -2.21. The first kappa shape index (κ1) is 9.88. The molecule has 0 aromatic rings. The average molecular weight is 146 g/mol. The van der Waals surface area contributed by atoms with Crippen molar-refractivity contribution in [3.8, 4) is 0 Å². The standard InChI is InChI=1S/C7H18N2O/c1-6(2)7(10-8)5-9(3)4/h6-7H,5,8H2,1-4H3. The molecular weight excluding hydrogens is 128 g/mol. The van der Waals surface area contributed by atoms with E-state index in [2.05, 4.69) is 18.7 Å². The molecule has 0 radical (unpaired) electrons. The van der Waals surface area contributed by atoms with Crippen molar-refractivity contribution in [2.75, 3.05) is 20.6 Å². The Kier molecular flexibility index (Phi) is 4.60. The molecule has 1 unspecified atom stereocenters. The topological polar surface area (TPSA) is 38.5 Å². The molecule has 2 N–H and O–H groups in total. The van der Waals surface area contributed by atoms with E-state index < -0.39 is 0 Å². The molecule has 0 aliphatic rings. The van der Waals surface area contributed by atoms with Crippen LogP contribution in [0.4, 0.5) is 0 Å². The quantitative estimate of drug-likeness (QED) is 0.586. The van der Waals surface area contributed by atoms with Gasteiger partial charge in [0, 0.05) is 6.54 Å². The number of nitrogens with two attached hydrogens (primary N) is 1. The average Bonchev–Trinajstić information content (AvgIpc) is 1.81. The van der Waals surface area contributed by atoms with Crippen molar-refractivity contribution >= 4 is 0 Å². The second-order valence-electron chi connectivity index (χ2n) is 3.18. The molecule has 1 atom stereocenters. The van der Waals surface area contributed by atoms with Gasteiger partial charge in [0.1, 0.15) is 0 Å². The first-order valence-corrected chi connectivity index (χ1v) is 3.58. The van der Waals surface area contributed by atoms with Crippen LogP contribution in [0.15, 0.2) is 0 Å². The third-order valence-electron chi connectivity index (χ3n) is 1.46. The maximum Gasteiger partial charge on any atom is 0.0936 e. The summed E-state index contributed by atoms with van der Waals surface area (Å²) in [4.78, 5) is 6.85. The normalized spacial score (nSPS) is 14.7. The third kappa shape index (κ3) is 3.82. The van der Waals surface area contributed by atoms with Gasteiger partial charge in [-0.25, -0.2) is 5.90 Å². The second kappa shape index (κ2) is 4.66. The summed E-state index contributed by atoms with van der Waals surface area (Å²) in [6.45, 7) is 5.08. The Bertz CT molecular complexity index is 83.7. The number of likely N-dealkylation sites (N-methyl/N-ethyl adjacent to an activating group) is 1. The summed E-state index contributed by atoms with van der Waals surface area (Å²) in [6, 6.07) is 0. The minimum Gasteiger partial charge on any atom is -0.307 e. The van der Waals surface area contributed by atoms with Gasteiger partial charge in [0.2, 0.25) is 0 Å². The molecule has 0 saturated heterocycles. The van der Waals surface area contributed by atoms with Crippen LogP contribution in [0.2, 0.25) is 0 Å². The Morgan fingerprint density at radius 2 is 1.90 bits per heavy atom. The molecule has 0 heterocycles. The minimum absolute atomic E-state index is 0.148. The highest BCUT2D eigenvalue weighted by Gasteiger charge is 2.12. The Morgan fingerprint density at radius 1 is 1.40 bits per heavy atom. The van der Waals surface area contributed by atoms with Crippen molar-refractivity contribution in [1.29, 1.82) is 0 Å². The lowest BCUT2D eigenvalue weighted by atomic mass is 10.1. The second-order valence-corrected chi connectivity index (χ2v) is 3.18. The highest BCUT2D eigenvalue weighted by molar-refractivity contribution is 4.63. The Labute approximate surface area is 63.1 Å². The van der Waals surface area contributed by atoms with Gasteiger partial charge in [0.05, 0.1) is 6.10 Å². The third-order valence-corrected chi connectivity index (χ3v) is 1.46. The van der Waals surface area contributed by atoms with E-state index in [0.717, 1.165) is 6.54 Å². The smallest absolute Gasteiger partial charge is 0.0936 e. The van der Waals surface area contributed by atoms with Crippen LogP contribution in [0, 0.1) is 5.92 Å². The molecule has 0 rings (SSSR count). The lowest BCUT2D eigenvalue weighted by molar-refractivity contribution is 0.00568. The van der Waals surface area contributed by atoms with Gasteiger partial charge in [0.15, 0.2) is 0 Å². The van der Waals surface area contributed by atoms with Crippen LogP contribution in [0.3, 0.4) is 0 Å². The molecular formula is C7H18N2O. The van der Waals surface area contributed by atoms with Crippen molar-refractivity contribution in [3.63, 3.8) is 0 Å². The van der Waals surface area contributed by atoms with E-state index in [9.17, 15) is 0 Å². The molecule has 0 spiro atoms. The predicted octanol–water partition coefficient (Wildman–Crippen LogP) is 0.463. The van der Waals surface area contributed by atoms with Gasteiger partial charge in [-0.2, -0.15) is 0 Å². The first-order valence-electron chi connectivity index (χ1n) is 3.58. The van der Waals surface area contributed by atoms with Gasteiger partial charge in [-0.3, -0.25) is 4.84 Å². The molecule has 0 aromatic carbocycles. The van der Waals surface area contributed by atoms with Gasteiger partial charge < -0.3 is 4.90 Å². The van der Waals surface area contributed by atoms with Gasteiger partial charge in [-0.1, -0.05) is 13.8 Å². The number of nitrogens with zero attached hydrogens (tertiary/aromatic N) is 1. The Hall–Kier alpha value is -0.120. The SMILES string of the molecule is CC(C)C(CN(C)C)ON. The summed E-state index contributed by atoms with van der Waals surface area (Å²) in [5.41, 5.74) is 0. The Balaban J connectivity index is 3.60. The summed E-state index contributed by atoms with van der Waals surface area (Å²) in [5, 5.41) is 0. The van der Waals surface area contributed by atoms with Crippen LogP contribution in [-0.2, 0) is 4.84 Å². The number of hydrogen-bond acceptors (Lipinski definition) is 3. The van der Waals surface area contributed by atoms with Crippen molar-refractivity contribution in [3.05, 3.63) is 0 Å². The molecule has 0 saturated carbocycles.